The highest BCUT2D eigenvalue weighted by Gasteiger charge is 2.44. The molecule has 0 aromatic heterocycles. The van der Waals surface area contributed by atoms with Crippen molar-refractivity contribution in [2.75, 3.05) is 0 Å². The van der Waals surface area contributed by atoms with E-state index in [-0.39, 0.29) is 12.8 Å². The molecule has 0 spiro atoms. The fourth-order valence-electron chi connectivity index (χ4n) is 1.69. The third-order valence-corrected chi connectivity index (χ3v) is 2.61. The molecule has 0 rings (SSSR count). The van der Waals surface area contributed by atoms with Gasteiger partial charge in [0.2, 0.25) is 0 Å². The Kier molecular flexibility index (Phi) is 7.30. The molecule has 9 heteroatoms. The van der Waals surface area contributed by atoms with Gasteiger partial charge in [-0.2, -0.15) is 13.2 Å². The molecule has 22 heavy (non-hydrogen) atoms. The number of hydrogen-bond acceptors (Lipinski definition) is 5. The summed E-state index contributed by atoms with van der Waals surface area (Å²) in [4.78, 5) is 22.6. The maximum absolute atomic E-state index is 12.8. The second-order valence-electron chi connectivity index (χ2n) is 6.06. The number of carboxylic acids is 1. The number of rotatable bonds is 7. The number of alkyl halides is 3. The van der Waals surface area contributed by atoms with E-state index >= 15 is 0 Å². The van der Waals surface area contributed by atoms with Gasteiger partial charge in [0, 0.05) is 12.5 Å². The summed E-state index contributed by atoms with van der Waals surface area (Å²) in [6.45, 7) is 6.02. The van der Waals surface area contributed by atoms with Crippen molar-refractivity contribution in [2.45, 2.75) is 70.4 Å². The first-order valence-electron chi connectivity index (χ1n) is 6.77. The Hall–Kier alpha value is -1.35. The minimum Gasteiger partial charge on any atom is -0.480 e. The Morgan fingerprint density at radius 2 is 1.77 bits per heavy atom. The van der Waals surface area contributed by atoms with Gasteiger partial charge in [-0.05, 0) is 34.1 Å². The van der Waals surface area contributed by atoms with Gasteiger partial charge >= 0.3 is 18.1 Å². The number of ether oxygens (including phenoxy) is 1. The number of carbonyl (C=O) groups is 2. The van der Waals surface area contributed by atoms with Gasteiger partial charge in [-0.3, -0.25) is 14.9 Å². The van der Waals surface area contributed by atoms with Crippen LogP contribution in [-0.2, 0) is 14.3 Å². The molecule has 1 unspecified atom stereocenters. The number of nitrogens with one attached hydrogen (secondary N) is 1. The number of halogens is 3. The van der Waals surface area contributed by atoms with Crippen molar-refractivity contribution in [1.82, 2.24) is 5.32 Å². The van der Waals surface area contributed by atoms with Crippen LogP contribution in [0.2, 0.25) is 0 Å². The Bertz CT molecular complexity index is 392. The van der Waals surface area contributed by atoms with E-state index < -0.39 is 41.8 Å². The largest absolute Gasteiger partial charge is 0.480 e. The van der Waals surface area contributed by atoms with Crippen LogP contribution < -0.4 is 11.1 Å². The molecule has 0 amide bonds. The summed E-state index contributed by atoms with van der Waals surface area (Å²) in [5.41, 5.74) is 4.50. The van der Waals surface area contributed by atoms with Crippen LogP contribution in [0.25, 0.3) is 0 Å². The minimum absolute atomic E-state index is 0.315. The van der Waals surface area contributed by atoms with E-state index in [0.29, 0.717) is 0 Å². The van der Waals surface area contributed by atoms with Gasteiger partial charge < -0.3 is 15.6 Å². The molecule has 4 N–H and O–H groups in total. The molecule has 0 aliphatic heterocycles. The smallest absolute Gasteiger partial charge is 0.405 e. The molecule has 0 aliphatic rings. The van der Waals surface area contributed by atoms with E-state index in [1.165, 1.54) is 0 Å². The topological polar surface area (TPSA) is 102 Å². The molecule has 130 valence electrons. The predicted molar refractivity (Wildman–Crippen MR) is 73.1 cm³/mol. The van der Waals surface area contributed by atoms with Crippen molar-refractivity contribution in [3.63, 3.8) is 0 Å². The monoisotopic (exact) mass is 328 g/mol. The van der Waals surface area contributed by atoms with Gasteiger partial charge in [0.1, 0.15) is 17.7 Å². The second-order valence-corrected chi connectivity index (χ2v) is 6.06. The van der Waals surface area contributed by atoms with E-state index in [0.717, 1.165) is 6.92 Å². The molecule has 0 fully saturated rings. The molecule has 0 heterocycles. The number of carbonyl (C=O) groups excluding carboxylic acids is 1. The lowest BCUT2D eigenvalue weighted by Crippen LogP contribution is -2.57. The summed E-state index contributed by atoms with van der Waals surface area (Å²) in [7, 11) is 0. The zero-order valence-corrected chi connectivity index (χ0v) is 13.0. The zero-order chi connectivity index (χ0) is 17.7. The molecule has 0 aromatic carbocycles. The highest BCUT2D eigenvalue weighted by atomic mass is 19.4. The Balaban J connectivity index is 4.75. The Morgan fingerprint density at radius 3 is 2.09 bits per heavy atom. The van der Waals surface area contributed by atoms with E-state index in [4.69, 9.17) is 15.6 Å². The van der Waals surface area contributed by atoms with Crippen LogP contribution in [0, 0.1) is 0 Å². The normalized spacial score (nSPS) is 16.7. The van der Waals surface area contributed by atoms with Crippen LogP contribution in [0.15, 0.2) is 0 Å². The highest BCUT2D eigenvalue weighted by molar-refractivity contribution is 5.75. The van der Waals surface area contributed by atoms with Crippen molar-refractivity contribution in [3.8, 4) is 0 Å². The molecule has 0 aliphatic carbocycles. The maximum atomic E-state index is 12.8. The highest BCUT2D eigenvalue weighted by Crippen LogP contribution is 2.23. The van der Waals surface area contributed by atoms with Crippen LogP contribution in [0.3, 0.4) is 0 Å². The molecular weight excluding hydrogens is 305 g/mol. The maximum Gasteiger partial charge on any atom is 0.405 e. The predicted octanol–water partition coefficient (Wildman–Crippen LogP) is 1.43. The number of esters is 1. The lowest BCUT2D eigenvalue weighted by Gasteiger charge is -2.28. The number of aliphatic carboxylic acids is 1. The van der Waals surface area contributed by atoms with Gasteiger partial charge in [-0.25, -0.2) is 0 Å². The van der Waals surface area contributed by atoms with E-state index in [1.807, 2.05) is 5.32 Å². The van der Waals surface area contributed by atoms with E-state index in [9.17, 15) is 22.8 Å². The summed E-state index contributed by atoms with van der Waals surface area (Å²) < 4.78 is 43.3. The first-order chi connectivity index (χ1) is 9.74. The fraction of sp³-hybridized carbons (Fsp3) is 0.846. The van der Waals surface area contributed by atoms with Crippen molar-refractivity contribution in [1.29, 1.82) is 0 Å². The summed E-state index contributed by atoms with van der Waals surface area (Å²) in [5, 5.41) is 10.9. The average molecular weight is 328 g/mol. The molecular formula is C13H23F3N2O4. The molecule has 0 radical (unpaired) electrons. The van der Waals surface area contributed by atoms with Gasteiger partial charge in [-0.1, -0.05) is 0 Å². The summed E-state index contributed by atoms with van der Waals surface area (Å²) in [5.74, 6) is -2.16. The van der Waals surface area contributed by atoms with Gasteiger partial charge in [0.25, 0.3) is 0 Å². The molecule has 3 atom stereocenters. The van der Waals surface area contributed by atoms with E-state index in [2.05, 4.69) is 0 Å². The average Bonchev–Trinajstić information content (AvgIpc) is 2.23. The summed E-state index contributed by atoms with van der Waals surface area (Å²) in [6, 6.07) is -5.05. The lowest BCUT2D eigenvalue weighted by molar-refractivity contribution is -0.165. The number of hydrogen-bond donors (Lipinski definition) is 3. The van der Waals surface area contributed by atoms with Gasteiger partial charge in [0.05, 0.1) is 0 Å². The van der Waals surface area contributed by atoms with Crippen LogP contribution in [0.4, 0.5) is 13.2 Å². The standard InChI is InChI=1S/C13H23F3N2O4/c1-7(17)10(13(14,15)16)18-8(11(20)21)5-6-9(19)22-12(2,3)4/h7-8,10,18H,5-6,17H2,1-4H3,(H,20,21)/t7-,8-,10?/m0/s1. The second kappa shape index (κ2) is 7.77. The van der Waals surface area contributed by atoms with Crippen molar-refractivity contribution >= 4 is 11.9 Å². The molecule has 0 saturated heterocycles. The molecule has 0 saturated carbocycles. The first kappa shape index (κ1) is 20.6. The van der Waals surface area contributed by atoms with Crippen molar-refractivity contribution in [2.24, 2.45) is 5.73 Å². The quantitative estimate of drug-likeness (QED) is 0.611. The van der Waals surface area contributed by atoms with Crippen LogP contribution in [-0.4, -0.2) is 46.9 Å². The third kappa shape index (κ3) is 8.18. The minimum atomic E-state index is -4.69. The molecule has 6 nitrogen and oxygen atoms in total. The SMILES string of the molecule is C[C@H](N)C(N[C@@H](CCC(=O)OC(C)(C)C)C(=O)O)C(F)(F)F. The van der Waals surface area contributed by atoms with Crippen LogP contribution in [0.5, 0.6) is 0 Å². The summed E-state index contributed by atoms with van der Waals surface area (Å²) in [6.07, 6.45) is -5.33. The van der Waals surface area contributed by atoms with Gasteiger partial charge in [-0.15, -0.1) is 0 Å². The van der Waals surface area contributed by atoms with Crippen molar-refractivity contribution in [3.05, 3.63) is 0 Å². The number of carboxylic acid groups (broad SMARTS) is 1. The summed E-state index contributed by atoms with van der Waals surface area (Å²) >= 11 is 0. The number of nitrogens with two attached hydrogens (primary N) is 1. The van der Waals surface area contributed by atoms with Crippen molar-refractivity contribution < 1.29 is 32.6 Å². The Morgan fingerprint density at radius 1 is 1.27 bits per heavy atom. The fourth-order valence-corrected chi connectivity index (χ4v) is 1.69. The van der Waals surface area contributed by atoms with Crippen LogP contribution >= 0.6 is 0 Å². The van der Waals surface area contributed by atoms with E-state index in [1.54, 1.807) is 20.8 Å². The first-order valence-corrected chi connectivity index (χ1v) is 6.77. The zero-order valence-electron chi connectivity index (χ0n) is 13.0. The molecule has 0 aromatic rings. The van der Waals surface area contributed by atoms with Crippen LogP contribution in [0.1, 0.15) is 40.5 Å². The lowest BCUT2D eigenvalue weighted by atomic mass is 10.1. The third-order valence-electron chi connectivity index (χ3n) is 2.61. The Labute approximate surface area is 127 Å². The van der Waals surface area contributed by atoms with Gasteiger partial charge in [0.15, 0.2) is 0 Å². The molecule has 0 bridgehead atoms.